The van der Waals surface area contributed by atoms with E-state index in [2.05, 4.69) is 34.3 Å². The van der Waals surface area contributed by atoms with Crippen LogP contribution >= 0.6 is 0 Å². The number of nitrogens with one attached hydrogen (secondary N) is 2. The molecule has 0 fully saturated rings. The van der Waals surface area contributed by atoms with Crippen molar-refractivity contribution in [1.29, 1.82) is 0 Å². The fourth-order valence-corrected chi connectivity index (χ4v) is 4.78. The summed E-state index contributed by atoms with van der Waals surface area (Å²) < 4.78 is 10.8. The second-order valence-electron chi connectivity index (χ2n) is 9.87. The molecule has 0 aliphatic heterocycles. The average molecular weight is 603 g/mol. The van der Waals surface area contributed by atoms with Crippen LogP contribution in [0.15, 0.2) is 133 Å². The normalized spacial score (nSPS) is 9.78. The first-order valence-corrected chi connectivity index (χ1v) is 14.4. The van der Waals surface area contributed by atoms with Gasteiger partial charge < -0.3 is 20.1 Å². The monoisotopic (exact) mass is 602 g/mol. The molecule has 2 N–H and O–H groups in total. The third-order valence-electron chi connectivity index (χ3n) is 6.86. The van der Waals surface area contributed by atoms with Crippen molar-refractivity contribution < 1.29 is 19.1 Å². The maximum absolute atomic E-state index is 12.0. The smallest absolute Gasteiger partial charge is 0.300 e. The first kappa shape index (κ1) is 30.9. The molecule has 0 aromatic heterocycles. The molecular formula is C40H30N2O4. The molecule has 6 aromatic carbocycles. The number of hydrogen-bond acceptors (Lipinski definition) is 4. The maximum Gasteiger partial charge on any atom is 0.300 e. The van der Waals surface area contributed by atoms with E-state index in [0.29, 0.717) is 0 Å². The largest absolute Gasteiger partial charge is 0.496 e. The maximum atomic E-state index is 12.0. The molecule has 0 radical (unpaired) electrons. The molecule has 2 amide bonds. The van der Waals surface area contributed by atoms with Crippen molar-refractivity contribution in [2.75, 3.05) is 24.9 Å². The number of para-hydroxylation sites is 2. The van der Waals surface area contributed by atoms with Crippen LogP contribution in [0.4, 0.5) is 11.4 Å². The zero-order valence-electron chi connectivity index (χ0n) is 25.3. The Morgan fingerprint density at radius 1 is 0.478 bits per heavy atom. The van der Waals surface area contributed by atoms with Gasteiger partial charge in [-0.25, -0.2) is 0 Å². The van der Waals surface area contributed by atoms with E-state index in [9.17, 15) is 9.59 Å². The summed E-state index contributed by atoms with van der Waals surface area (Å²) in [5.41, 5.74) is 2.98. The molecule has 224 valence electrons. The summed E-state index contributed by atoms with van der Waals surface area (Å²) in [7, 11) is 3.25. The summed E-state index contributed by atoms with van der Waals surface area (Å²) in [6.07, 6.45) is 0. The molecule has 0 atom stereocenters. The molecule has 0 aliphatic carbocycles. The fraction of sp³-hybridized carbons (Fsp3) is 0.0500. The molecular weight excluding hydrogens is 572 g/mol. The summed E-state index contributed by atoms with van der Waals surface area (Å²) >= 11 is 0. The molecule has 6 rings (SSSR count). The number of hydrogen-bond donors (Lipinski definition) is 2. The number of carbonyl (C=O) groups excluding carboxylic acids is 2. The quantitative estimate of drug-likeness (QED) is 0.203. The van der Waals surface area contributed by atoms with Gasteiger partial charge >= 0.3 is 11.8 Å². The van der Waals surface area contributed by atoms with E-state index in [1.807, 2.05) is 133 Å². The van der Waals surface area contributed by atoms with Crippen LogP contribution in [0.2, 0.25) is 0 Å². The molecule has 0 bridgehead atoms. The van der Waals surface area contributed by atoms with Gasteiger partial charge in [-0.15, -0.1) is 0 Å². The van der Waals surface area contributed by atoms with Gasteiger partial charge in [0.05, 0.1) is 14.2 Å². The van der Waals surface area contributed by atoms with E-state index < -0.39 is 0 Å². The molecule has 0 aliphatic rings. The van der Waals surface area contributed by atoms with E-state index in [0.717, 1.165) is 55.5 Å². The van der Waals surface area contributed by atoms with Gasteiger partial charge in [-0.3, -0.25) is 9.59 Å². The van der Waals surface area contributed by atoms with E-state index in [-0.39, 0.29) is 11.8 Å². The molecule has 6 heteroatoms. The van der Waals surface area contributed by atoms with Gasteiger partial charge in [0, 0.05) is 45.1 Å². The van der Waals surface area contributed by atoms with Gasteiger partial charge in [0.2, 0.25) is 0 Å². The summed E-state index contributed by atoms with van der Waals surface area (Å²) in [4.78, 5) is 23.9. The van der Waals surface area contributed by atoms with Gasteiger partial charge in [-0.05, 0) is 59.3 Å². The van der Waals surface area contributed by atoms with Crippen molar-refractivity contribution in [3.63, 3.8) is 0 Å². The highest BCUT2D eigenvalue weighted by atomic mass is 16.5. The van der Waals surface area contributed by atoms with Crippen LogP contribution in [0, 0.1) is 23.7 Å². The summed E-state index contributed by atoms with van der Waals surface area (Å²) in [6.45, 7) is 0. The van der Waals surface area contributed by atoms with Crippen LogP contribution < -0.4 is 20.1 Å². The second-order valence-corrected chi connectivity index (χ2v) is 9.87. The van der Waals surface area contributed by atoms with Crippen molar-refractivity contribution in [3.05, 3.63) is 145 Å². The molecule has 6 nitrogen and oxygen atoms in total. The Hall–Kier alpha value is -6.50. The predicted molar refractivity (Wildman–Crippen MR) is 185 cm³/mol. The molecule has 0 unspecified atom stereocenters. The van der Waals surface area contributed by atoms with Crippen molar-refractivity contribution in [3.8, 4) is 35.2 Å². The lowest BCUT2D eigenvalue weighted by atomic mass is 10.0. The number of fused-ring (bicyclic) bond motifs is 2. The van der Waals surface area contributed by atoms with Crippen LogP contribution in [0.25, 0.3) is 21.5 Å². The lowest BCUT2D eigenvalue weighted by Gasteiger charge is -2.06. The highest BCUT2D eigenvalue weighted by molar-refractivity contribution is 6.06. The minimum Gasteiger partial charge on any atom is -0.496 e. The van der Waals surface area contributed by atoms with Gasteiger partial charge in [-0.1, -0.05) is 96.8 Å². The predicted octanol–water partition coefficient (Wildman–Crippen LogP) is 7.68. The van der Waals surface area contributed by atoms with Crippen LogP contribution in [0.5, 0.6) is 11.5 Å². The minimum absolute atomic E-state index is 0.344. The van der Waals surface area contributed by atoms with Crippen LogP contribution in [-0.4, -0.2) is 26.0 Å². The molecule has 6 aromatic rings. The second kappa shape index (κ2) is 15.3. The number of ether oxygens (including phenoxy) is 2. The minimum atomic E-state index is -0.344. The summed E-state index contributed by atoms with van der Waals surface area (Å²) in [6, 6.07) is 41.7. The Bertz CT molecular complexity index is 1950. The number of carbonyl (C=O) groups is 2. The van der Waals surface area contributed by atoms with Gasteiger partial charge in [0.25, 0.3) is 0 Å². The Morgan fingerprint density at radius 2 is 0.848 bits per heavy atom. The van der Waals surface area contributed by atoms with E-state index in [1.165, 1.54) is 0 Å². The van der Waals surface area contributed by atoms with Gasteiger partial charge in [-0.2, -0.15) is 0 Å². The standard InChI is InChI=1S/2C20H15NO2/c2*1-23-18-12-6-9-15-7-5-8-16(20(15)18)13-14-19(22)21-17-10-3-2-4-11-17/h2*2-12H,1H3,(H,21,22). The van der Waals surface area contributed by atoms with Crippen molar-refractivity contribution in [1.82, 2.24) is 0 Å². The lowest BCUT2D eigenvalue weighted by molar-refractivity contribution is -0.112. The molecule has 0 saturated carbocycles. The first-order valence-electron chi connectivity index (χ1n) is 14.4. The Balaban J connectivity index is 0.000000181. The topological polar surface area (TPSA) is 76.7 Å². The lowest BCUT2D eigenvalue weighted by Crippen LogP contribution is -2.08. The van der Waals surface area contributed by atoms with E-state index in [1.54, 1.807) is 14.2 Å². The average Bonchev–Trinajstić information content (AvgIpc) is 3.10. The van der Waals surface area contributed by atoms with Gasteiger partial charge in [0.15, 0.2) is 0 Å². The van der Waals surface area contributed by atoms with Crippen LogP contribution in [0.3, 0.4) is 0 Å². The zero-order chi connectivity index (χ0) is 32.1. The highest BCUT2D eigenvalue weighted by Crippen LogP contribution is 2.29. The molecule has 0 spiro atoms. The van der Waals surface area contributed by atoms with Crippen molar-refractivity contribution in [2.45, 2.75) is 0 Å². The number of amides is 2. The van der Waals surface area contributed by atoms with Crippen LogP contribution in [0.1, 0.15) is 11.1 Å². The third-order valence-corrected chi connectivity index (χ3v) is 6.86. The van der Waals surface area contributed by atoms with Gasteiger partial charge in [0.1, 0.15) is 11.5 Å². The molecule has 0 heterocycles. The van der Waals surface area contributed by atoms with Crippen molar-refractivity contribution in [2.24, 2.45) is 0 Å². The van der Waals surface area contributed by atoms with Crippen molar-refractivity contribution >= 4 is 44.7 Å². The molecule has 0 saturated heterocycles. The van der Waals surface area contributed by atoms with E-state index in [4.69, 9.17) is 9.47 Å². The number of rotatable bonds is 4. The SMILES string of the molecule is COc1cccc2cccc(C#CC(=O)Nc3ccccc3)c12.COc1cccc2cccc(C#CC(=O)Nc3ccccc3)c12. The summed E-state index contributed by atoms with van der Waals surface area (Å²) in [5.74, 6) is 12.0. The highest BCUT2D eigenvalue weighted by Gasteiger charge is 2.07. The molecule has 46 heavy (non-hydrogen) atoms. The third kappa shape index (κ3) is 7.90. The Kier molecular flexibility index (Phi) is 10.3. The Morgan fingerprint density at radius 3 is 1.22 bits per heavy atom. The number of anilines is 2. The number of methoxy groups -OCH3 is 2. The van der Waals surface area contributed by atoms with Crippen LogP contribution in [-0.2, 0) is 9.59 Å². The zero-order valence-corrected chi connectivity index (χ0v) is 25.3. The number of benzene rings is 6. The first-order chi connectivity index (χ1) is 22.6. The van der Waals surface area contributed by atoms with E-state index >= 15 is 0 Å². The fourth-order valence-electron chi connectivity index (χ4n) is 4.78. The summed E-state index contributed by atoms with van der Waals surface area (Å²) in [5, 5.41) is 9.37. The Labute approximate surface area is 268 Å².